The molecule has 1 rings (SSSR count). The number of hydrogen-bond acceptors (Lipinski definition) is 2. The Labute approximate surface area is 75.7 Å². The highest BCUT2D eigenvalue weighted by molar-refractivity contribution is 4.85. The zero-order valence-electron chi connectivity index (χ0n) is 8.47. The van der Waals surface area contributed by atoms with Gasteiger partial charge in [-0.1, -0.05) is 13.8 Å². The van der Waals surface area contributed by atoms with E-state index < -0.39 is 0 Å². The second-order valence-electron chi connectivity index (χ2n) is 3.70. The van der Waals surface area contributed by atoms with Crippen LogP contribution in [0.2, 0.25) is 0 Å². The minimum absolute atomic E-state index is 0.442. The lowest BCUT2D eigenvalue weighted by Gasteiger charge is -2.37. The second kappa shape index (κ2) is 4.83. The van der Waals surface area contributed by atoms with E-state index in [9.17, 15) is 0 Å². The molecule has 0 aliphatic heterocycles. The van der Waals surface area contributed by atoms with Crippen molar-refractivity contribution < 1.29 is 4.74 Å². The second-order valence-corrected chi connectivity index (χ2v) is 3.70. The third kappa shape index (κ3) is 2.76. The van der Waals surface area contributed by atoms with Gasteiger partial charge in [0.25, 0.3) is 0 Å². The molecule has 0 aromatic carbocycles. The van der Waals surface area contributed by atoms with Crippen LogP contribution in [0.25, 0.3) is 0 Å². The molecule has 0 bridgehead atoms. The fraction of sp³-hybridized carbons (Fsp3) is 1.00. The Morgan fingerprint density at radius 1 is 1.42 bits per heavy atom. The molecule has 1 aliphatic carbocycles. The molecule has 0 spiro atoms. The molecule has 1 N–H and O–H groups in total. The lowest BCUT2D eigenvalue weighted by molar-refractivity contribution is -0.0577. The molecule has 2 nitrogen and oxygen atoms in total. The Hall–Kier alpha value is -0.0800. The Bertz CT molecular complexity index is 121. The van der Waals surface area contributed by atoms with Gasteiger partial charge in [-0.15, -0.1) is 0 Å². The predicted molar refractivity (Wildman–Crippen MR) is 51.3 cm³/mol. The molecule has 0 saturated heterocycles. The number of hydrogen-bond donors (Lipinski definition) is 1. The molecule has 0 heterocycles. The summed E-state index contributed by atoms with van der Waals surface area (Å²) in [6, 6.07) is 0.726. The molecule has 0 aromatic rings. The van der Waals surface area contributed by atoms with E-state index in [0.29, 0.717) is 12.2 Å². The van der Waals surface area contributed by atoms with Gasteiger partial charge < -0.3 is 10.1 Å². The molecule has 12 heavy (non-hydrogen) atoms. The van der Waals surface area contributed by atoms with Crippen LogP contribution in [0.4, 0.5) is 0 Å². The van der Waals surface area contributed by atoms with Gasteiger partial charge in [0, 0.05) is 6.04 Å². The van der Waals surface area contributed by atoms with Crippen LogP contribution in [0, 0.1) is 0 Å². The van der Waals surface area contributed by atoms with E-state index in [1.165, 1.54) is 12.8 Å². The first kappa shape index (κ1) is 10.0. The highest BCUT2D eigenvalue weighted by atomic mass is 16.5. The third-order valence-electron chi connectivity index (χ3n) is 2.59. The lowest BCUT2D eigenvalue weighted by Crippen LogP contribution is -2.46. The molecular formula is C10H21NO. The number of ether oxygens (including phenoxy) is 1. The molecule has 1 atom stereocenters. The highest BCUT2D eigenvalue weighted by Crippen LogP contribution is 2.24. The van der Waals surface area contributed by atoms with E-state index in [1.54, 1.807) is 0 Å². The number of nitrogens with one attached hydrogen (secondary N) is 1. The van der Waals surface area contributed by atoms with Gasteiger partial charge in [0.1, 0.15) is 0 Å². The van der Waals surface area contributed by atoms with Crippen molar-refractivity contribution in [2.75, 3.05) is 6.54 Å². The van der Waals surface area contributed by atoms with E-state index in [1.807, 2.05) is 0 Å². The zero-order valence-corrected chi connectivity index (χ0v) is 8.47. The van der Waals surface area contributed by atoms with Crippen LogP contribution in [0.5, 0.6) is 0 Å². The maximum Gasteiger partial charge on any atom is 0.0608 e. The molecule has 1 unspecified atom stereocenters. The van der Waals surface area contributed by atoms with E-state index in [-0.39, 0.29) is 0 Å². The normalized spacial score (nSPS) is 31.2. The van der Waals surface area contributed by atoms with Gasteiger partial charge in [-0.2, -0.15) is 0 Å². The summed E-state index contributed by atoms with van der Waals surface area (Å²) in [7, 11) is 0. The van der Waals surface area contributed by atoms with Crippen molar-refractivity contribution in [3.05, 3.63) is 0 Å². The summed E-state index contributed by atoms with van der Waals surface area (Å²) in [6.45, 7) is 7.56. The average Bonchev–Trinajstić information content (AvgIpc) is 2.00. The summed E-state index contributed by atoms with van der Waals surface area (Å²) < 4.78 is 5.77. The van der Waals surface area contributed by atoms with Crippen LogP contribution in [0.3, 0.4) is 0 Å². The smallest absolute Gasteiger partial charge is 0.0608 e. The Morgan fingerprint density at radius 3 is 2.58 bits per heavy atom. The first-order valence-electron chi connectivity index (χ1n) is 5.15. The van der Waals surface area contributed by atoms with Crippen molar-refractivity contribution in [1.82, 2.24) is 5.32 Å². The van der Waals surface area contributed by atoms with Gasteiger partial charge in [0.2, 0.25) is 0 Å². The Kier molecular flexibility index (Phi) is 4.02. The first-order valence-corrected chi connectivity index (χ1v) is 5.15. The summed E-state index contributed by atoms with van der Waals surface area (Å²) in [5.41, 5.74) is 0. The lowest BCUT2D eigenvalue weighted by atomic mass is 9.89. The largest absolute Gasteiger partial charge is 0.375 e. The maximum absolute atomic E-state index is 5.77. The minimum Gasteiger partial charge on any atom is -0.375 e. The van der Waals surface area contributed by atoms with Crippen LogP contribution in [0.1, 0.15) is 40.0 Å². The van der Waals surface area contributed by atoms with Crippen molar-refractivity contribution in [3.63, 3.8) is 0 Å². The Balaban J connectivity index is 2.01. The summed E-state index contributed by atoms with van der Waals surface area (Å²) in [4.78, 5) is 0. The standard InChI is InChI=1S/C10H21NO/c1-4-8(3)12-10-6-9(7-10)11-5-2/h8-11H,4-7H2,1-3H3. The summed E-state index contributed by atoms with van der Waals surface area (Å²) >= 11 is 0. The molecule has 1 saturated carbocycles. The molecule has 72 valence electrons. The van der Waals surface area contributed by atoms with Crippen molar-refractivity contribution >= 4 is 0 Å². The van der Waals surface area contributed by atoms with E-state index in [4.69, 9.17) is 4.74 Å². The fourth-order valence-electron chi connectivity index (χ4n) is 1.56. The summed E-state index contributed by atoms with van der Waals surface area (Å²) in [5, 5.41) is 3.42. The quantitative estimate of drug-likeness (QED) is 0.682. The van der Waals surface area contributed by atoms with E-state index >= 15 is 0 Å². The average molecular weight is 171 g/mol. The van der Waals surface area contributed by atoms with Crippen molar-refractivity contribution in [3.8, 4) is 0 Å². The molecule has 1 fully saturated rings. The van der Waals surface area contributed by atoms with Gasteiger partial charge in [-0.25, -0.2) is 0 Å². The SMILES string of the molecule is CCNC1CC(OC(C)CC)C1. The van der Waals surface area contributed by atoms with Gasteiger partial charge >= 0.3 is 0 Å². The molecular weight excluding hydrogens is 150 g/mol. The first-order chi connectivity index (χ1) is 5.76. The van der Waals surface area contributed by atoms with Crippen LogP contribution in [-0.2, 0) is 4.74 Å². The van der Waals surface area contributed by atoms with Gasteiger partial charge in [-0.05, 0) is 32.7 Å². The van der Waals surface area contributed by atoms with Gasteiger partial charge in [-0.3, -0.25) is 0 Å². The summed E-state index contributed by atoms with van der Waals surface area (Å²) in [5.74, 6) is 0. The van der Waals surface area contributed by atoms with Crippen LogP contribution in [-0.4, -0.2) is 24.8 Å². The molecule has 0 aromatic heterocycles. The van der Waals surface area contributed by atoms with Crippen LogP contribution >= 0.6 is 0 Å². The Morgan fingerprint density at radius 2 is 2.08 bits per heavy atom. The van der Waals surface area contributed by atoms with Gasteiger partial charge in [0.05, 0.1) is 12.2 Å². The van der Waals surface area contributed by atoms with Crippen LogP contribution in [0.15, 0.2) is 0 Å². The van der Waals surface area contributed by atoms with Crippen molar-refractivity contribution in [2.24, 2.45) is 0 Å². The fourth-order valence-corrected chi connectivity index (χ4v) is 1.56. The van der Waals surface area contributed by atoms with E-state index in [0.717, 1.165) is 19.0 Å². The molecule has 1 aliphatic rings. The van der Waals surface area contributed by atoms with Crippen LogP contribution < -0.4 is 5.32 Å². The number of rotatable bonds is 5. The predicted octanol–water partition coefficient (Wildman–Crippen LogP) is 1.94. The summed E-state index contributed by atoms with van der Waals surface area (Å²) in [6.07, 6.45) is 4.51. The highest BCUT2D eigenvalue weighted by Gasteiger charge is 2.29. The third-order valence-corrected chi connectivity index (χ3v) is 2.59. The maximum atomic E-state index is 5.77. The van der Waals surface area contributed by atoms with E-state index in [2.05, 4.69) is 26.1 Å². The molecule has 0 radical (unpaired) electrons. The zero-order chi connectivity index (χ0) is 8.97. The molecule has 2 heteroatoms. The van der Waals surface area contributed by atoms with Crippen molar-refractivity contribution in [2.45, 2.75) is 58.3 Å². The minimum atomic E-state index is 0.442. The molecule has 0 amide bonds. The van der Waals surface area contributed by atoms with Gasteiger partial charge in [0.15, 0.2) is 0 Å². The van der Waals surface area contributed by atoms with Crippen molar-refractivity contribution in [1.29, 1.82) is 0 Å². The topological polar surface area (TPSA) is 21.3 Å². The monoisotopic (exact) mass is 171 g/mol.